The highest BCUT2D eigenvalue weighted by Crippen LogP contribution is 2.44. The highest BCUT2D eigenvalue weighted by molar-refractivity contribution is 8.25. The molecule has 0 radical (unpaired) electrons. The fourth-order valence-electron chi connectivity index (χ4n) is 1.75. The van der Waals surface area contributed by atoms with Gasteiger partial charge in [0.05, 0.1) is 29.1 Å². The third-order valence-electron chi connectivity index (χ3n) is 2.59. The number of nitrogens with zero attached hydrogens (tertiary/aromatic N) is 1. The molecule has 16 heavy (non-hydrogen) atoms. The van der Waals surface area contributed by atoms with Crippen LogP contribution in [0.25, 0.3) is 0 Å². The van der Waals surface area contributed by atoms with Crippen LogP contribution in [-0.2, 0) is 4.74 Å². The third kappa shape index (κ3) is 2.19. The monoisotopic (exact) mass is 265 g/mol. The first-order valence-corrected chi connectivity index (χ1v) is 6.99. The Kier molecular flexibility index (Phi) is 4.01. The summed E-state index contributed by atoms with van der Waals surface area (Å²) in [5.74, 6) is 0. The lowest BCUT2D eigenvalue weighted by Crippen LogP contribution is -2.51. The molecule has 5 nitrogen and oxygen atoms in total. The van der Waals surface area contributed by atoms with Gasteiger partial charge in [0.1, 0.15) is 12.1 Å². The second-order valence-electron chi connectivity index (χ2n) is 3.64. The van der Waals surface area contributed by atoms with Crippen LogP contribution in [-0.4, -0.2) is 61.8 Å². The number of ether oxygens (including phenoxy) is 1. The van der Waals surface area contributed by atoms with Crippen molar-refractivity contribution in [3.8, 4) is 0 Å². The third-order valence-corrected chi connectivity index (χ3v) is 5.47. The maximum Gasteiger partial charge on any atom is 0.247 e. The normalized spacial score (nSPS) is 42.8. The second-order valence-corrected chi connectivity index (χ2v) is 6.42. The summed E-state index contributed by atoms with van der Waals surface area (Å²) in [5.41, 5.74) is 0. The number of rotatable bonds is 2. The molecule has 1 fully saturated rings. The van der Waals surface area contributed by atoms with Crippen LogP contribution in [0.2, 0.25) is 0 Å². The van der Waals surface area contributed by atoms with Crippen molar-refractivity contribution in [3.05, 3.63) is 0 Å². The second kappa shape index (κ2) is 5.14. The van der Waals surface area contributed by atoms with Crippen LogP contribution in [0.5, 0.6) is 0 Å². The summed E-state index contributed by atoms with van der Waals surface area (Å²) in [6.45, 7) is 2.27. The number of thioether (sulfide) groups is 2. The van der Waals surface area contributed by atoms with Crippen LogP contribution in [0, 0.1) is 0 Å². The van der Waals surface area contributed by atoms with E-state index in [1.807, 2.05) is 6.92 Å². The maximum absolute atomic E-state index is 9.88. The van der Waals surface area contributed by atoms with Crippen LogP contribution in [0.1, 0.15) is 6.92 Å². The molecule has 2 aliphatic rings. The predicted octanol–water partition coefficient (Wildman–Crippen LogP) is -0.350. The van der Waals surface area contributed by atoms with Gasteiger partial charge in [0.25, 0.3) is 0 Å². The minimum absolute atomic E-state index is 0.0251. The Morgan fingerprint density at radius 1 is 1.38 bits per heavy atom. The highest BCUT2D eigenvalue weighted by Gasteiger charge is 2.47. The summed E-state index contributed by atoms with van der Waals surface area (Å²) in [6.07, 6.45) is -1.85. The van der Waals surface area contributed by atoms with Gasteiger partial charge in [-0.05, 0) is 6.92 Å². The van der Waals surface area contributed by atoms with Gasteiger partial charge in [0.2, 0.25) is 5.23 Å². The first-order valence-electron chi connectivity index (χ1n) is 5.17. The minimum atomic E-state index is -0.929. The SMILES string of the molecule is CCOC1=NC2C(S1)SC(CO)C(O)C2O. The van der Waals surface area contributed by atoms with Crippen molar-refractivity contribution in [1.82, 2.24) is 0 Å². The van der Waals surface area contributed by atoms with E-state index in [2.05, 4.69) is 4.99 Å². The molecule has 3 N–H and O–H groups in total. The Balaban J connectivity index is 2.08. The molecular weight excluding hydrogens is 250 g/mol. The van der Waals surface area contributed by atoms with Crippen molar-refractivity contribution in [2.75, 3.05) is 13.2 Å². The van der Waals surface area contributed by atoms with Gasteiger partial charge < -0.3 is 20.1 Å². The lowest BCUT2D eigenvalue weighted by atomic mass is 10.0. The summed E-state index contributed by atoms with van der Waals surface area (Å²) in [4.78, 5) is 4.24. The molecule has 0 aromatic carbocycles. The van der Waals surface area contributed by atoms with Crippen molar-refractivity contribution in [2.24, 2.45) is 4.99 Å². The lowest BCUT2D eigenvalue weighted by molar-refractivity contribution is -0.00558. The number of hydrogen-bond acceptors (Lipinski definition) is 7. The molecule has 0 spiro atoms. The fraction of sp³-hybridized carbons (Fsp3) is 0.889. The fourth-order valence-corrected chi connectivity index (χ4v) is 4.71. The van der Waals surface area contributed by atoms with Crippen molar-refractivity contribution >= 4 is 28.8 Å². The standard InChI is InChI=1S/C9H15NO4S2/c1-2-14-9-10-5-7(13)6(12)4(3-11)15-8(5)16-9/h4-8,11-13H,2-3H2,1H3. The molecule has 92 valence electrons. The molecule has 5 unspecified atom stereocenters. The van der Waals surface area contributed by atoms with Gasteiger partial charge in [-0.2, -0.15) is 0 Å². The zero-order valence-electron chi connectivity index (χ0n) is 8.81. The van der Waals surface area contributed by atoms with Gasteiger partial charge in [-0.25, -0.2) is 4.99 Å². The van der Waals surface area contributed by atoms with E-state index in [4.69, 9.17) is 9.84 Å². The summed E-state index contributed by atoms with van der Waals surface area (Å²) >= 11 is 2.90. The first-order chi connectivity index (χ1) is 7.67. The van der Waals surface area contributed by atoms with Crippen LogP contribution >= 0.6 is 23.5 Å². The quantitative estimate of drug-likeness (QED) is 0.633. The molecule has 0 saturated carbocycles. The Bertz CT molecular complexity index is 289. The molecule has 0 aliphatic carbocycles. The van der Waals surface area contributed by atoms with Crippen LogP contribution in [0.15, 0.2) is 4.99 Å². The average Bonchev–Trinajstić information content (AvgIpc) is 2.67. The van der Waals surface area contributed by atoms with E-state index in [0.29, 0.717) is 11.8 Å². The summed E-state index contributed by atoms with van der Waals surface area (Å²) in [5, 5.41) is 29.0. The van der Waals surface area contributed by atoms with E-state index in [1.165, 1.54) is 23.5 Å². The van der Waals surface area contributed by atoms with E-state index in [9.17, 15) is 10.2 Å². The van der Waals surface area contributed by atoms with Gasteiger partial charge >= 0.3 is 0 Å². The Labute approximate surface area is 102 Å². The number of fused-ring (bicyclic) bond motifs is 1. The van der Waals surface area contributed by atoms with Crippen molar-refractivity contribution in [3.63, 3.8) is 0 Å². The largest absolute Gasteiger partial charge is 0.473 e. The number of aliphatic hydroxyl groups excluding tert-OH is 3. The molecule has 0 aromatic rings. The minimum Gasteiger partial charge on any atom is -0.473 e. The van der Waals surface area contributed by atoms with Crippen LogP contribution in [0.4, 0.5) is 0 Å². The van der Waals surface area contributed by atoms with Gasteiger partial charge in [-0.3, -0.25) is 0 Å². The zero-order chi connectivity index (χ0) is 11.7. The van der Waals surface area contributed by atoms with Crippen molar-refractivity contribution < 1.29 is 20.1 Å². The van der Waals surface area contributed by atoms with E-state index in [0.717, 1.165) is 0 Å². The average molecular weight is 265 g/mol. The molecule has 0 bridgehead atoms. The maximum atomic E-state index is 9.88. The van der Waals surface area contributed by atoms with Gasteiger partial charge in [0.15, 0.2) is 0 Å². The van der Waals surface area contributed by atoms with Gasteiger partial charge in [0, 0.05) is 0 Å². The molecule has 0 aromatic heterocycles. The van der Waals surface area contributed by atoms with E-state index < -0.39 is 12.2 Å². The molecule has 2 aliphatic heterocycles. The molecule has 7 heteroatoms. The summed E-state index contributed by atoms with van der Waals surface area (Å²) in [7, 11) is 0. The van der Waals surface area contributed by atoms with Crippen molar-refractivity contribution in [2.45, 2.75) is 35.0 Å². The Morgan fingerprint density at radius 3 is 2.75 bits per heavy atom. The highest BCUT2D eigenvalue weighted by atomic mass is 32.2. The smallest absolute Gasteiger partial charge is 0.247 e. The predicted molar refractivity (Wildman–Crippen MR) is 64.7 cm³/mol. The topological polar surface area (TPSA) is 82.3 Å². The Morgan fingerprint density at radius 2 is 2.12 bits per heavy atom. The van der Waals surface area contributed by atoms with E-state index >= 15 is 0 Å². The van der Waals surface area contributed by atoms with E-state index in [-0.39, 0.29) is 22.5 Å². The molecule has 5 atom stereocenters. The van der Waals surface area contributed by atoms with Gasteiger partial charge in [-0.15, -0.1) is 11.8 Å². The molecule has 2 heterocycles. The molecular formula is C9H15NO4S2. The lowest BCUT2D eigenvalue weighted by Gasteiger charge is -2.36. The summed E-state index contributed by atoms with van der Waals surface area (Å²) in [6, 6.07) is -0.339. The molecule has 1 saturated heterocycles. The number of aliphatic hydroxyl groups is 3. The molecule has 0 amide bonds. The van der Waals surface area contributed by atoms with E-state index in [1.54, 1.807) is 0 Å². The van der Waals surface area contributed by atoms with Gasteiger partial charge in [-0.1, -0.05) is 11.8 Å². The summed E-state index contributed by atoms with van der Waals surface area (Å²) < 4.78 is 5.32. The van der Waals surface area contributed by atoms with Crippen LogP contribution in [0.3, 0.4) is 0 Å². The Hall–Kier alpha value is 0.0500. The number of aliphatic imine (C=N–C) groups is 1. The zero-order valence-corrected chi connectivity index (χ0v) is 10.4. The first kappa shape index (κ1) is 12.5. The van der Waals surface area contributed by atoms with Crippen molar-refractivity contribution in [1.29, 1.82) is 0 Å². The van der Waals surface area contributed by atoms with Crippen LogP contribution < -0.4 is 0 Å². The number of hydrogen-bond donors (Lipinski definition) is 3. The molecule has 2 rings (SSSR count).